The second-order valence-electron chi connectivity index (χ2n) is 5.04. The van der Waals surface area contributed by atoms with E-state index in [0.29, 0.717) is 5.52 Å². The molecule has 0 aliphatic carbocycles. The van der Waals surface area contributed by atoms with Gasteiger partial charge >= 0.3 is 0 Å². The van der Waals surface area contributed by atoms with Crippen molar-refractivity contribution in [2.24, 2.45) is 5.10 Å². The quantitative estimate of drug-likeness (QED) is 0.434. The van der Waals surface area contributed by atoms with Crippen LogP contribution in [0.1, 0.15) is 15.9 Å². The van der Waals surface area contributed by atoms with Crippen molar-refractivity contribution >= 4 is 23.0 Å². The van der Waals surface area contributed by atoms with Crippen LogP contribution < -0.4 is 11.0 Å². The van der Waals surface area contributed by atoms with Crippen LogP contribution in [0.25, 0.3) is 10.9 Å². The molecule has 0 saturated carbocycles. The molecule has 1 aromatic heterocycles. The lowest BCUT2D eigenvalue weighted by Gasteiger charge is -2.03. The molecule has 0 atom stereocenters. The Hall–Kier alpha value is -3.61. The first-order chi connectivity index (χ1) is 11.5. The highest BCUT2D eigenvalue weighted by Gasteiger charge is 2.10. The van der Waals surface area contributed by atoms with E-state index in [1.54, 1.807) is 12.1 Å². The Morgan fingerprint density at radius 3 is 2.71 bits per heavy atom. The van der Waals surface area contributed by atoms with Crippen molar-refractivity contribution in [1.29, 1.82) is 0 Å². The smallest absolute Gasteiger partial charge is 0.275 e. The van der Waals surface area contributed by atoms with Gasteiger partial charge in [-0.3, -0.25) is 9.59 Å². The Balaban J connectivity index is 1.80. The zero-order chi connectivity index (χ0) is 17.1. The van der Waals surface area contributed by atoms with Crippen molar-refractivity contribution in [3.05, 3.63) is 70.0 Å². The van der Waals surface area contributed by atoms with Crippen LogP contribution >= 0.6 is 0 Å². The topological polar surface area (TPSA) is 115 Å². The van der Waals surface area contributed by atoms with E-state index in [9.17, 15) is 19.8 Å². The molecule has 0 fully saturated rings. The van der Waals surface area contributed by atoms with E-state index >= 15 is 0 Å². The average molecular weight is 323 g/mol. The maximum Gasteiger partial charge on any atom is 0.275 e. The largest absolute Gasteiger partial charge is 0.508 e. The zero-order valence-corrected chi connectivity index (χ0v) is 12.4. The van der Waals surface area contributed by atoms with Crippen molar-refractivity contribution < 1.29 is 15.0 Å². The first-order valence-corrected chi connectivity index (χ1v) is 7.02. The first-order valence-electron chi connectivity index (χ1n) is 7.02. The number of aromatic hydroxyl groups is 2. The molecule has 7 nitrogen and oxygen atoms in total. The summed E-state index contributed by atoms with van der Waals surface area (Å²) < 4.78 is 0. The van der Waals surface area contributed by atoms with Crippen molar-refractivity contribution in [3.8, 4) is 11.5 Å². The molecule has 0 bridgehead atoms. The lowest BCUT2D eigenvalue weighted by atomic mass is 10.2. The number of nitrogens with zero attached hydrogens (tertiary/aromatic N) is 1. The molecule has 0 unspecified atom stereocenters. The number of hydrogen-bond acceptors (Lipinski definition) is 5. The number of phenolic OH excluding ortho intramolecular Hbond substituents is 2. The van der Waals surface area contributed by atoms with Crippen molar-refractivity contribution in [3.63, 3.8) is 0 Å². The average Bonchev–Trinajstić information content (AvgIpc) is 2.55. The van der Waals surface area contributed by atoms with Crippen LogP contribution in [0.15, 0.2) is 58.4 Å². The van der Waals surface area contributed by atoms with Crippen LogP contribution in [0, 0.1) is 0 Å². The normalized spacial score (nSPS) is 11.0. The van der Waals surface area contributed by atoms with Gasteiger partial charge in [-0.05, 0) is 29.7 Å². The highest BCUT2D eigenvalue weighted by Crippen LogP contribution is 2.22. The number of hydrogen-bond donors (Lipinski definition) is 4. The summed E-state index contributed by atoms with van der Waals surface area (Å²) in [5, 5.41) is 23.4. The molecule has 0 spiro atoms. The van der Waals surface area contributed by atoms with Crippen LogP contribution in [0.4, 0.5) is 0 Å². The summed E-state index contributed by atoms with van der Waals surface area (Å²) in [6, 6.07) is 12.5. The summed E-state index contributed by atoms with van der Waals surface area (Å²) in [6.07, 6.45) is 1.22. The van der Waals surface area contributed by atoms with Crippen LogP contribution in [-0.2, 0) is 0 Å². The number of carbonyl (C=O) groups is 1. The van der Waals surface area contributed by atoms with Gasteiger partial charge in [-0.1, -0.05) is 18.2 Å². The minimum Gasteiger partial charge on any atom is -0.508 e. The number of aromatic nitrogens is 1. The number of fused-ring (bicyclic) bond motifs is 1. The van der Waals surface area contributed by atoms with Gasteiger partial charge in [0.1, 0.15) is 11.5 Å². The van der Waals surface area contributed by atoms with Crippen LogP contribution in [0.5, 0.6) is 11.5 Å². The van der Waals surface area contributed by atoms with Crippen molar-refractivity contribution in [2.75, 3.05) is 0 Å². The van der Waals surface area contributed by atoms with Gasteiger partial charge in [-0.15, -0.1) is 0 Å². The number of rotatable bonds is 3. The monoisotopic (exact) mass is 323 g/mol. The molecule has 0 aliphatic heterocycles. The predicted molar refractivity (Wildman–Crippen MR) is 89.4 cm³/mol. The summed E-state index contributed by atoms with van der Waals surface area (Å²) in [6.45, 7) is 0. The molecule has 1 amide bonds. The molecular formula is C17H13N3O4. The maximum atomic E-state index is 11.9. The lowest BCUT2D eigenvalue weighted by Crippen LogP contribution is -2.19. The second kappa shape index (κ2) is 6.25. The molecule has 7 heteroatoms. The van der Waals surface area contributed by atoms with E-state index in [1.165, 1.54) is 18.3 Å². The molecule has 0 radical (unpaired) electrons. The number of carbonyl (C=O) groups excluding carboxylic acids is 1. The molecule has 1 heterocycles. The van der Waals surface area contributed by atoms with Gasteiger partial charge in [0.15, 0.2) is 0 Å². The van der Waals surface area contributed by atoms with Crippen LogP contribution in [-0.4, -0.2) is 27.3 Å². The van der Waals surface area contributed by atoms with E-state index in [0.717, 1.165) is 11.5 Å². The molecule has 24 heavy (non-hydrogen) atoms. The zero-order valence-electron chi connectivity index (χ0n) is 12.4. The summed E-state index contributed by atoms with van der Waals surface area (Å²) in [5.41, 5.74) is 2.83. The van der Waals surface area contributed by atoms with E-state index in [4.69, 9.17) is 0 Å². The van der Waals surface area contributed by atoms with Crippen molar-refractivity contribution in [1.82, 2.24) is 10.4 Å². The third-order valence-electron chi connectivity index (χ3n) is 3.38. The van der Waals surface area contributed by atoms with E-state index in [-0.39, 0.29) is 28.2 Å². The molecule has 0 saturated heterocycles. The molecule has 3 aromatic rings. The summed E-state index contributed by atoms with van der Waals surface area (Å²) in [4.78, 5) is 26.6. The number of H-pyrrole nitrogens is 1. The molecule has 4 N–H and O–H groups in total. The number of aromatic amines is 1. The molecule has 0 aliphatic rings. The maximum absolute atomic E-state index is 11.9. The lowest BCUT2D eigenvalue weighted by molar-refractivity contribution is 0.0952. The second-order valence-corrected chi connectivity index (χ2v) is 5.04. The summed E-state index contributed by atoms with van der Waals surface area (Å²) in [5.74, 6) is -1.19. The number of hydrazone groups is 1. The van der Waals surface area contributed by atoms with Crippen LogP contribution in [0.3, 0.4) is 0 Å². The Kier molecular flexibility index (Phi) is 3.98. The molecule has 120 valence electrons. The fourth-order valence-corrected chi connectivity index (χ4v) is 2.19. The van der Waals surface area contributed by atoms with Crippen LogP contribution in [0.2, 0.25) is 0 Å². The Morgan fingerprint density at radius 2 is 1.92 bits per heavy atom. The molecular weight excluding hydrogens is 310 g/mol. The third-order valence-corrected chi connectivity index (χ3v) is 3.38. The van der Waals surface area contributed by atoms with Gasteiger partial charge < -0.3 is 15.2 Å². The fourth-order valence-electron chi connectivity index (χ4n) is 2.19. The number of para-hydroxylation sites is 1. The first kappa shape index (κ1) is 15.3. The number of benzene rings is 2. The minimum atomic E-state index is -0.666. The van der Waals surface area contributed by atoms with Crippen molar-refractivity contribution in [2.45, 2.75) is 0 Å². The Labute approximate surface area is 135 Å². The highest BCUT2D eigenvalue weighted by atomic mass is 16.3. The van der Waals surface area contributed by atoms with Gasteiger partial charge in [0, 0.05) is 11.6 Å². The summed E-state index contributed by atoms with van der Waals surface area (Å²) >= 11 is 0. The molecule has 2 aromatic carbocycles. The van der Waals surface area contributed by atoms with E-state index in [2.05, 4.69) is 15.5 Å². The van der Waals surface area contributed by atoms with E-state index < -0.39 is 5.91 Å². The number of nitrogens with one attached hydrogen (secondary N) is 2. The Bertz CT molecular complexity index is 1010. The van der Waals surface area contributed by atoms with Gasteiger partial charge in [0.25, 0.3) is 11.5 Å². The van der Waals surface area contributed by atoms with Gasteiger partial charge in [-0.2, -0.15) is 5.10 Å². The Morgan fingerprint density at radius 1 is 1.12 bits per heavy atom. The number of phenols is 2. The summed E-state index contributed by atoms with van der Waals surface area (Å²) in [7, 11) is 0. The number of amides is 1. The van der Waals surface area contributed by atoms with Gasteiger partial charge in [0.05, 0.1) is 17.3 Å². The standard InChI is InChI=1S/C17H13N3O4/c21-12-5-6-13(15(22)8-12)17(24)20-18-9-11-7-10-3-1-2-4-14(10)19-16(11)23/h1-9,21-22H,(H,19,23)(H,20,24)/b18-9-. The fraction of sp³-hybridized carbons (Fsp3) is 0. The van der Waals surface area contributed by atoms with Gasteiger partial charge in [-0.25, -0.2) is 5.43 Å². The highest BCUT2D eigenvalue weighted by molar-refractivity contribution is 5.97. The minimum absolute atomic E-state index is 0.0441. The SMILES string of the molecule is O=C(N/N=C\c1cc2ccccc2[nH]c1=O)c1ccc(O)cc1O. The molecule has 3 rings (SSSR count). The number of pyridine rings is 1. The predicted octanol–water partition coefficient (Wildman–Crippen LogP) is 1.70. The van der Waals surface area contributed by atoms with Gasteiger partial charge in [0.2, 0.25) is 0 Å². The van der Waals surface area contributed by atoms with E-state index in [1.807, 2.05) is 18.2 Å². The third kappa shape index (κ3) is 3.09.